The van der Waals surface area contributed by atoms with Crippen molar-refractivity contribution in [1.29, 1.82) is 0 Å². The molecule has 4 heterocycles. The van der Waals surface area contributed by atoms with Crippen molar-refractivity contribution in [3.05, 3.63) is 107 Å². The molecule has 4 aliphatic rings. The predicted octanol–water partition coefficient (Wildman–Crippen LogP) is 15.0. The molecule has 2 aromatic heterocycles. The lowest BCUT2D eigenvalue weighted by Crippen LogP contribution is -2.48. The van der Waals surface area contributed by atoms with Crippen LogP contribution >= 0.6 is 22.6 Å². The molecule has 11 atom stereocenters. The van der Waals surface area contributed by atoms with Crippen molar-refractivity contribution in [2.45, 2.75) is 193 Å². The van der Waals surface area contributed by atoms with E-state index in [-0.39, 0.29) is 54.2 Å². The van der Waals surface area contributed by atoms with Gasteiger partial charge in [-0.05, 0) is 146 Å². The van der Waals surface area contributed by atoms with Crippen molar-refractivity contribution in [3.8, 4) is 11.1 Å². The number of H-pyrrole nitrogens is 2. The number of carbonyl (C=O) groups is 3. The second-order valence-corrected chi connectivity index (χ2v) is 24.4. The van der Waals surface area contributed by atoms with E-state index < -0.39 is 6.10 Å². The quantitative estimate of drug-likeness (QED) is 0.0221. The van der Waals surface area contributed by atoms with Crippen molar-refractivity contribution in [1.82, 2.24) is 35.5 Å². The van der Waals surface area contributed by atoms with Crippen LogP contribution in [0, 0.1) is 35.4 Å². The van der Waals surface area contributed by atoms with E-state index in [0.29, 0.717) is 49.9 Å². The molecular weight excluding hydrogens is 1150 g/mol. The van der Waals surface area contributed by atoms with Crippen molar-refractivity contribution in [2.75, 3.05) is 25.8 Å². The van der Waals surface area contributed by atoms with Crippen molar-refractivity contribution in [3.63, 3.8) is 0 Å². The minimum atomic E-state index is -0.473. The molecule has 2 aliphatic carbocycles. The van der Waals surface area contributed by atoms with Crippen molar-refractivity contribution >= 4 is 63.1 Å². The molecule has 16 heteroatoms. The number of rotatable bonds is 20. The summed E-state index contributed by atoms with van der Waals surface area (Å²) < 4.78 is 37.3. The summed E-state index contributed by atoms with van der Waals surface area (Å²) in [6, 6.07) is 18.1. The zero-order chi connectivity index (χ0) is 59.6. The Balaban J connectivity index is 0.000000558. The number of aromatic amines is 2. The molecule has 2 aliphatic heterocycles. The molecule has 0 radical (unpaired) electrons. The highest BCUT2D eigenvalue weighted by Crippen LogP contribution is 2.47. The lowest BCUT2D eigenvalue weighted by Gasteiger charge is -2.36. The molecule has 3 amide bonds. The van der Waals surface area contributed by atoms with Gasteiger partial charge in [0.1, 0.15) is 23.6 Å². The number of nitrogens with two attached hydrogens (primary N) is 1. The summed E-state index contributed by atoms with van der Waals surface area (Å²) in [4.78, 5) is 53.6. The van der Waals surface area contributed by atoms with E-state index >= 15 is 4.39 Å². The first-order valence-corrected chi connectivity index (χ1v) is 31.8. The van der Waals surface area contributed by atoms with Gasteiger partial charge in [0.05, 0.1) is 48.4 Å². The van der Waals surface area contributed by atoms with Crippen LogP contribution in [0.5, 0.6) is 0 Å². The van der Waals surface area contributed by atoms with E-state index in [2.05, 4.69) is 162 Å². The average molecular weight is 1250 g/mol. The molecule has 13 nitrogen and oxygen atoms in total. The number of ether oxygens (including phenoxy) is 2. The zero-order valence-electron chi connectivity index (χ0n) is 50.6. The molecule has 0 spiro atoms. The number of carbonyl (C=O) groups excluding carboxylic acids is 3. The highest BCUT2D eigenvalue weighted by Gasteiger charge is 2.48. The van der Waals surface area contributed by atoms with Crippen LogP contribution in [0.1, 0.15) is 185 Å². The first-order chi connectivity index (χ1) is 39.6. The molecule has 3 aromatic carbocycles. The third kappa shape index (κ3) is 16.2. The van der Waals surface area contributed by atoms with Crippen LogP contribution in [-0.4, -0.2) is 93.3 Å². The Labute approximate surface area is 501 Å². The number of allylic oxidation sites excluding steroid dienone is 3. The number of imidazole rings is 2. The Morgan fingerprint density at radius 3 is 2.15 bits per heavy atom. The van der Waals surface area contributed by atoms with Gasteiger partial charge < -0.3 is 40.7 Å². The molecule has 0 bridgehead atoms. The molecule has 9 rings (SSSR count). The molecule has 82 heavy (non-hydrogen) atoms. The normalized spacial score (nSPS) is 22.2. The van der Waals surface area contributed by atoms with Crippen LogP contribution in [0.4, 0.5) is 13.6 Å². The number of nitrogens with one attached hydrogen (secondary N) is 4. The number of aryl methyl sites for hydroxylation is 1. The number of likely N-dealkylation sites (tertiary alicyclic amines) is 1. The Morgan fingerprint density at radius 2 is 1.51 bits per heavy atom. The fraction of sp³-hybridized carbons (Fsp3) is 0.591. The number of fused-ring (bicyclic) bond motifs is 4. The van der Waals surface area contributed by atoms with Gasteiger partial charge >= 0.3 is 6.09 Å². The van der Waals surface area contributed by atoms with Gasteiger partial charge in [0.15, 0.2) is 0 Å². The number of halogens is 3. The van der Waals surface area contributed by atoms with Crippen LogP contribution in [0.3, 0.4) is 0 Å². The van der Waals surface area contributed by atoms with Gasteiger partial charge in [-0.1, -0.05) is 159 Å². The van der Waals surface area contributed by atoms with Crippen molar-refractivity contribution in [2.24, 2.45) is 35.3 Å². The number of aromatic nitrogens is 4. The maximum absolute atomic E-state index is 16.5. The van der Waals surface area contributed by atoms with E-state index in [4.69, 9.17) is 19.5 Å². The van der Waals surface area contributed by atoms with Crippen LogP contribution in [-0.2, 0) is 31.9 Å². The molecule has 6 N–H and O–H groups in total. The second kappa shape index (κ2) is 32.2. The van der Waals surface area contributed by atoms with Crippen LogP contribution in [0.2, 0.25) is 0 Å². The third-order valence-electron chi connectivity index (χ3n) is 18.0. The molecule has 11 unspecified atom stereocenters. The predicted molar refractivity (Wildman–Crippen MR) is 337 cm³/mol. The maximum atomic E-state index is 16.5. The fourth-order valence-corrected chi connectivity index (χ4v) is 14.2. The van der Waals surface area contributed by atoms with Crippen LogP contribution < -0.4 is 16.4 Å². The maximum Gasteiger partial charge on any atom is 0.407 e. The Hall–Kier alpha value is -5.20. The number of methoxy groups -OCH3 is 2. The number of amides is 3. The standard InChI is InChI=1S/C56H73FN6O2.C8H16INO2.CH3F.CH3NO/c1-8-15-36-27-43(38-22-25-47-49(30-38)62-55(60-47)52-32-40-17-12-14-19-51(40)63(52)56(64)53(65-7)34(6)9-2)41(44(57)28-36)23-20-35(10-3)26-42(33(4)5)37-21-24-46-48(29-37)61-54(59-46)50-31-39-16-11-13-18-45(39)58-50;1-4-6(2)7(5-9)10-8(11)12-3;1-2;2-1-3/h10,21-22,24-30,33-34,39-40,42,45,50-53,58H,3,8-9,11-20,23,31-32H2,1-2,4-7H3,(H,59,61)(H,60,62);6-7H,4-5H2,1-3H3,(H,10,11);1H3;1H,(H2,2,3)/b35-26+;;;. The number of primary amides is 1. The molecule has 4 fully saturated rings. The van der Waals surface area contributed by atoms with E-state index in [0.717, 1.165) is 130 Å². The van der Waals surface area contributed by atoms with Gasteiger partial charge in [-0.15, -0.1) is 0 Å². The summed E-state index contributed by atoms with van der Waals surface area (Å²) in [5, 5.41) is 6.69. The Bertz CT molecular complexity index is 2870. The van der Waals surface area contributed by atoms with Crippen LogP contribution in [0.15, 0.2) is 72.8 Å². The second-order valence-electron chi connectivity index (χ2n) is 23.5. The number of hydrogen-bond acceptors (Lipinski definition) is 8. The molecule has 450 valence electrons. The first kappa shape index (κ1) is 65.9. The summed E-state index contributed by atoms with van der Waals surface area (Å²) in [5.74, 6) is 4.17. The number of alkyl carbamates (subject to hydrolysis) is 1. The van der Waals surface area contributed by atoms with Crippen LogP contribution in [0.25, 0.3) is 33.2 Å². The largest absolute Gasteiger partial charge is 0.453 e. The Morgan fingerprint density at radius 1 is 0.866 bits per heavy atom. The van der Waals surface area contributed by atoms with Gasteiger partial charge in [-0.2, -0.15) is 0 Å². The molecule has 2 saturated carbocycles. The third-order valence-corrected chi connectivity index (χ3v) is 19.0. The lowest BCUT2D eigenvalue weighted by molar-refractivity contribution is -0.149. The summed E-state index contributed by atoms with van der Waals surface area (Å²) in [6.07, 6.45) is 20.5. The minimum Gasteiger partial charge on any atom is -0.453 e. The highest BCUT2D eigenvalue weighted by atomic mass is 127. The smallest absolute Gasteiger partial charge is 0.407 e. The van der Waals surface area contributed by atoms with E-state index in [9.17, 15) is 14.0 Å². The number of nitrogens with zero attached hydrogens (tertiary/aromatic N) is 3. The number of alkyl halides is 2. The average Bonchev–Trinajstić information content (AvgIpc) is 3.70. The summed E-state index contributed by atoms with van der Waals surface area (Å²) >= 11 is 2.27. The van der Waals surface area contributed by atoms with Gasteiger partial charge in [0, 0.05) is 35.6 Å². The minimum absolute atomic E-state index is 0.0876. The number of hydrogen-bond donors (Lipinski definition) is 5. The molecule has 5 aromatic rings. The SMILES string of the molecule is C=C/C(=C\C(c1ccc2nc(C3CC4CCCCC4N3)[nH]c2c1)C(C)C)CCc1c(F)cc(CCC)cc1-c1ccc2nc(C3CC4CCCCC4N3C(=O)C(OC)C(C)CC)[nH]c2c1.CCC(C)C(CI)NC(=O)OC.CF.NC=O. The van der Waals surface area contributed by atoms with E-state index in [1.165, 1.54) is 44.8 Å². The summed E-state index contributed by atoms with van der Waals surface area (Å²) in [7, 11) is 3.55. The van der Waals surface area contributed by atoms with E-state index in [1.807, 2.05) is 6.08 Å². The highest BCUT2D eigenvalue weighted by molar-refractivity contribution is 14.1. The fourth-order valence-electron chi connectivity index (χ4n) is 13.2. The van der Waals surface area contributed by atoms with Gasteiger partial charge in [-0.3, -0.25) is 14.0 Å². The topological polar surface area (TPSA) is 180 Å². The molecular formula is C66H95F2IN8O5. The van der Waals surface area contributed by atoms with Gasteiger partial charge in [0.2, 0.25) is 6.41 Å². The zero-order valence-corrected chi connectivity index (χ0v) is 52.8. The van der Waals surface area contributed by atoms with Gasteiger partial charge in [-0.25, -0.2) is 19.2 Å². The first-order valence-electron chi connectivity index (χ1n) is 30.3. The summed E-state index contributed by atoms with van der Waals surface area (Å²) in [6.45, 7) is 19.4. The Kier molecular flexibility index (Phi) is 25.9. The van der Waals surface area contributed by atoms with Crippen molar-refractivity contribution < 1.29 is 32.6 Å². The summed E-state index contributed by atoms with van der Waals surface area (Å²) in [5.41, 5.74) is 14.0. The van der Waals surface area contributed by atoms with E-state index in [1.54, 1.807) is 13.2 Å². The van der Waals surface area contributed by atoms with Gasteiger partial charge in [0.25, 0.3) is 5.91 Å². The number of benzene rings is 3. The molecule has 2 saturated heterocycles. The lowest BCUT2D eigenvalue weighted by atomic mass is 9.84. The monoisotopic (exact) mass is 1240 g/mol.